The van der Waals surface area contributed by atoms with E-state index < -0.39 is 0 Å². The molecular formula is C11H19NO2S. The quantitative estimate of drug-likeness (QED) is 0.540. The molecule has 0 spiro atoms. The van der Waals surface area contributed by atoms with E-state index in [0.717, 1.165) is 18.1 Å². The molecule has 0 aromatic heterocycles. The number of nitrogens with zero attached hydrogens (tertiary/aromatic N) is 1. The fourth-order valence-corrected chi connectivity index (χ4v) is 2.62. The van der Waals surface area contributed by atoms with Gasteiger partial charge in [0.1, 0.15) is 0 Å². The Balaban J connectivity index is 2.39. The van der Waals surface area contributed by atoms with Gasteiger partial charge in [0.15, 0.2) is 0 Å². The Bertz CT molecular complexity index is 243. The van der Waals surface area contributed by atoms with Crippen LogP contribution in [0.15, 0.2) is 12.2 Å². The van der Waals surface area contributed by atoms with Crippen LogP contribution in [0.2, 0.25) is 0 Å². The first-order valence-corrected chi connectivity index (χ1v) is 6.47. The highest BCUT2D eigenvalue weighted by Gasteiger charge is 2.21. The fourth-order valence-electron chi connectivity index (χ4n) is 1.54. The fraction of sp³-hybridized carbons (Fsp3) is 0.727. The minimum Gasteiger partial charge on any atom is -0.463 e. The normalized spacial score (nSPS) is 22.4. The Kier molecular flexibility index (Phi) is 5.19. The number of hydrogen-bond donors (Lipinski definition) is 0. The van der Waals surface area contributed by atoms with Crippen LogP contribution in [0.3, 0.4) is 0 Å². The molecule has 0 amide bonds. The summed E-state index contributed by atoms with van der Waals surface area (Å²) < 4.78 is 4.91. The molecule has 0 N–H and O–H groups in total. The second kappa shape index (κ2) is 6.18. The van der Waals surface area contributed by atoms with Crippen LogP contribution >= 0.6 is 11.8 Å². The van der Waals surface area contributed by atoms with Gasteiger partial charge in [0.25, 0.3) is 0 Å². The third kappa shape index (κ3) is 3.87. The van der Waals surface area contributed by atoms with Crippen molar-refractivity contribution in [3.63, 3.8) is 0 Å². The van der Waals surface area contributed by atoms with Crippen LogP contribution in [0.4, 0.5) is 0 Å². The zero-order chi connectivity index (χ0) is 11.3. The number of carbonyl (C=O) groups excluding carboxylic acids is 1. The van der Waals surface area contributed by atoms with Crippen LogP contribution in [0.25, 0.3) is 0 Å². The van der Waals surface area contributed by atoms with Gasteiger partial charge in [-0.3, -0.25) is 4.90 Å². The first kappa shape index (κ1) is 12.6. The Morgan fingerprint density at radius 2 is 2.40 bits per heavy atom. The number of rotatable bonds is 4. The molecule has 0 bridgehead atoms. The predicted molar refractivity (Wildman–Crippen MR) is 64.1 cm³/mol. The predicted octanol–water partition coefficient (Wildman–Crippen LogP) is 1.54. The maximum Gasteiger partial charge on any atom is 0.334 e. The van der Waals surface area contributed by atoms with E-state index in [1.54, 1.807) is 0 Å². The van der Waals surface area contributed by atoms with E-state index in [1.165, 1.54) is 0 Å². The Hall–Kier alpha value is -0.480. The van der Waals surface area contributed by atoms with Crippen LogP contribution in [0.5, 0.6) is 0 Å². The van der Waals surface area contributed by atoms with Gasteiger partial charge in [-0.25, -0.2) is 4.79 Å². The Labute approximate surface area is 95.9 Å². The first-order valence-electron chi connectivity index (χ1n) is 5.31. The van der Waals surface area contributed by atoms with Crippen LogP contribution < -0.4 is 0 Å². The molecule has 0 radical (unpaired) electrons. The lowest BCUT2D eigenvalue weighted by Crippen LogP contribution is -2.42. The van der Waals surface area contributed by atoms with Gasteiger partial charge in [-0.15, -0.1) is 0 Å². The molecule has 0 aromatic carbocycles. The maximum atomic E-state index is 11.4. The van der Waals surface area contributed by atoms with Gasteiger partial charge >= 0.3 is 5.97 Å². The van der Waals surface area contributed by atoms with E-state index in [-0.39, 0.29) is 5.97 Å². The average Bonchev–Trinajstić information content (AvgIpc) is 2.21. The summed E-state index contributed by atoms with van der Waals surface area (Å²) in [6.07, 6.45) is 0. The van der Waals surface area contributed by atoms with Crippen molar-refractivity contribution in [2.75, 3.05) is 31.2 Å². The van der Waals surface area contributed by atoms with Crippen molar-refractivity contribution in [2.45, 2.75) is 19.9 Å². The molecule has 1 rings (SSSR count). The summed E-state index contributed by atoms with van der Waals surface area (Å²) in [5.74, 6) is 2.01. The molecule has 1 heterocycles. The lowest BCUT2D eigenvalue weighted by Gasteiger charge is -2.32. The minimum atomic E-state index is -0.261. The van der Waals surface area contributed by atoms with Crippen molar-refractivity contribution in [1.82, 2.24) is 4.90 Å². The smallest absolute Gasteiger partial charge is 0.334 e. The van der Waals surface area contributed by atoms with Crippen molar-refractivity contribution < 1.29 is 9.53 Å². The van der Waals surface area contributed by atoms with Crippen LogP contribution in [0, 0.1) is 0 Å². The number of esters is 1. The first-order chi connectivity index (χ1) is 7.15. The molecule has 3 nitrogen and oxygen atoms in total. The Morgan fingerprint density at radius 1 is 1.67 bits per heavy atom. The summed E-state index contributed by atoms with van der Waals surface area (Å²) in [7, 11) is 0. The molecule has 0 aliphatic carbocycles. The standard InChI is InChI=1S/C11H19NO2S/c1-4-14-11(13)9(2)7-12-5-6-15-8-10(12)3/h10H,2,4-8H2,1,3H3. The van der Waals surface area contributed by atoms with E-state index in [9.17, 15) is 4.79 Å². The monoisotopic (exact) mass is 229 g/mol. The molecule has 1 unspecified atom stereocenters. The highest BCUT2D eigenvalue weighted by atomic mass is 32.2. The molecule has 0 saturated carbocycles. The molecular weight excluding hydrogens is 210 g/mol. The van der Waals surface area contributed by atoms with Gasteiger partial charge < -0.3 is 4.74 Å². The number of thioether (sulfide) groups is 1. The van der Waals surface area contributed by atoms with Gasteiger partial charge in [-0.2, -0.15) is 11.8 Å². The topological polar surface area (TPSA) is 29.5 Å². The number of ether oxygens (including phenoxy) is 1. The van der Waals surface area contributed by atoms with E-state index in [0.29, 0.717) is 24.8 Å². The Morgan fingerprint density at radius 3 is 3.00 bits per heavy atom. The highest BCUT2D eigenvalue weighted by Crippen LogP contribution is 2.16. The lowest BCUT2D eigenvalue weighted by atomic mass is 10.2. The maximum absolute atomic E-state index is 11.4. The zero-order valence-electron chi connectivity index (χ0n) is 9.49. The second-order valence-corrected chi connectivity index (χ2v) is 4.87. The van der Waals surface area contributed by atoms with Crippen molar-refractivity contribution >= 4 is 17.7 Å². The largest absolute Gasteiger partial charge is 0.463 e. The molecule has 1 aliphatic rings. The number of carbonyl (C=O) groups is 1. The highest BCUT2D eigenvalue weighted by molar-refractivity contribution is 7.99. The summed E-state index contributed by atoms with van der Waals surface area (Å²) in [5.41, 5.74) is 0.565. The summed E-state index contributed by atoms with van der Waals surface area (Å²) in [5, 5.41) is 0. The van der Waals surface area contributed by atoms with Crippen molar-refractivity contribution in [3.05, 3.63) is 12.2 Å². The molecule has 0 aromatic rings. The molecule has 1 atom stereocenters. The average molecular weight is 229 g/mol. The van der Waals surface area contributed by atoms with Gasteiger partial charge in [0.2, 0.25) is 0 Å². The molecule has 15 heavy (non-hydrogen) atoms. The molecule has 4 heteroatoms. The molecule has 1 fully saturated rings. The lowest BCUT2D eigenvalue weighted by molar-refractivity contribution is -0.138. The molecule has 1 aliphatic heterocycles. The van der Waals surface area contributed by atoms with E-state index in [2.05, 4.69) is 18.4 Å². The third-order valence-electron chi connectivity index (χ3n) is 2.46. The number of hydrogen-bond acceptors (Lipinski definition) is 4. The second-order valence-electron chi connectivity index (χ2n) is 3.72. The van der Waals surface area contributed by atoms with Gasteiger partial charge in [-0.05, 0) is 13.8 Å². The zero-order valence-corrected chi connectivity index (χ0v) is 10.3. The van der Waals surface area contributed by atoms with Crippen molar-refractivity contribution in [2.24, 2.45) is 0 Å². The molecule has 1 saturated heterocycles. The molecule has 86 valence electrons. The van der Waals surface area contributed by atoms with Crippen LogP contribution in [-0.2, 0) is 9.53 Å². The minimum absolute atomic E-state index is 0.261. The summed E-state index contributed by atoms with van der Waals surface area (Å²) in [6.45, 7) is 9.87. The van der Waals surface area contributed by atoms with Crippen molar-refractivity contribution in [3.8, 4) is 0 Å². The van der Waals surface area contributed by atoms with Crippen LogP contribution in [-0.4, -0.2) is 48.1 Å². The van der Waals surface area contributed by atoms with E-state index in [4.69, 9.17) is 4.74 Å². The van der Waals surface area contributed by atoms with Crippen molar-refractivity contribution in [1.29, 1.82) is 0 Å². The SMILES string of the molecule is C=C(CN1CCSCC1C)C(=O)OCC. The van der Waals surface area contributed by atoms with E-state index in [1.807, 2.05) is 18.7 Å². The van der Waals surface area contributed by atoms with Crippen LogP contribution in [0.1, 0.15) is 13.8 Å². The summed E-state index contributed by atoms with van der Waals surface area (Å²) in [6, 6.07) is 0.523. The third-order valence-corrected chi connectivity index (χ3v) is 3.65. The van der Waals surface area contributed by atoms with Gasteiger partial charge in [-0.1, -0.05) is 6.58 Å². The van der Waals surface area contributed by atoms with Gasteiger partial charge in [0.05, 0.1) is 6.61 Å². The summed E-state index contributed by atoms with van der Waals surface area (Å²) in [4.78, 5) is 13.7. The van der Waals surface area contributed by atoms with Gasteiger partial charge in [0, 0.05) is 36.2 Å². The summed E-state index contributed by atoms with van der Waals surface area (Å²) >= 11 is 1.96. The van der Waals surface area contributed by atoms with E-state index >= 15 is 0 Å².